The Labute approximate surface area is 159 Å². The van der Waals surface area contributed by atoms with Crippen LogP contribution in [0.3, 0.4) is 0 Å². The van der Waals surface area contributed by atoms with E-state index in [1.165, 1.54) is 12.1 Å². The number of carbonyl (C=O) groups excluding carboxylic acids is 1. The van der Waals surface area contributed by atoms with Crippen molar-refractivity contribution in [2.75, 3.05) is 12.4 Å². The van der Waals surface area contributed by atoms with E-state index in [0.717, 1.165) is 6.07 Å². The van der Waals surface area contributed by atoms with Crippen LogP contribution >= 0.6 is 24.0 Å². The van der Waals surface area contributed by atoms with Gasteiger partial charge in [-0.3, -0.25) is 4.79 Å². The number of nitrogens with zero attached hydrogens (tertiary/aromatic N) is 3. The summed E-state index contributed by atoms with van der Waals surface area (Å²) >= 11 is 5.37. The Kier molecular flexibility index (Phi) is 6.43. The Hall–Kier alpha value is -2.77. The third kappa shape index (κ3) is 4.25. The predicted molar refractivity (Wildman–Crippen MR) is 98.7 cm³/mol. The molecular formula is C17H13Cl2FN4O2. The quantitative estimate of drug-likeness (QED) is 0.649. The summed E-state index contributed by atoms with van der Waals surface area (Å²) in [5.74, 6) is 0.211. The van der Waals surface area contributed by atoms with Crippen LogP contribution in [0.5, 0.6) is 11.6 Å². The molecule has 0 spiro atoms. The van der Waals surface area contributed by atoms with Gasteiger partial charge in [-0.05, 0) is 48.0 Å². The minimum atomic E-state index is -0.904. The maximum atomic E-state index is 13.6. The molecule has 0 saturated carbocycles. The number of carbonyl (C=O) groups is 1. The first-order valence-corrected chi connectivity index (χ1v) is 7.59. The summed E-state index contributed by atoms with van der Waals surface area (Å²) in [6.45, 7) is 0. The number of pyridine rings is 1. The van der Waals surface area contributed by atoms with Gasteiger partial charge in [0.05, 0.1) is 16.8 Å². The average molecular weight is 395 g/mol. The fraction of sp³-hybridized carbons (Fsp3) is 0.0588. The molecule has 2 heterocycles. The maximum Gasteiger partial charge on any atom is 0.255 e. The van der Waals surface area contributed by atoms with Crippen molar-refractivity contribution in [3.8, 4) is 22.9 Å². The van der Waals surface area contributed by atoms with E-state index in [1.807, 2.05) is 0 Å². The number of ether oxygens (including phenoxy) is 1. The van der Waals surface area contributed by atoms with Crippen molar-refractivity contribution in [3.05, 3.63) is 60.2 Å². The molecule has 9 heteroatoms. The number of hydrogen-bond donors (Lipinski definition) is 1. The van der Waals surface area contributed by atoms with Crippen molar-refractivity contribution >= 4 is 35.2 Å². The van der Waals surface area contributed by atoms with Gasteiger partial charge in [0.2, 0.25) is 11.8 Å². The van der Waals surface area contributed by atoms with E-state index in [9.17, 15) is 9.18 Å². The van der Waals surface area contributed by atoms with Gasteiger partial charge >= 0.3 is 0 Å². The lowest BCUT2D eigenvalue weighted by Crippen LogP contribution is -1.99. The monoisotopic (exact) mass is 394 g/mol. The van der Waals surface area contributed by atoms with Crippen molar-refractivity contribution in [2.45, 2.75) is 0 Å². The number of rotatable bonds is 5. The van der Waals surface area contributed by atoms with Gasteiger partial charge in [0.15, 0.2) is 0 Å². The predicted octanol–water partition coefficient (Wildman–Crippen LogP) is 4.31. The van der Waals surface area contributed by atoms with Crippen LogP contribution in [0.15, 0.2) is 48.8 Å². The zero-order valence-electron chi connectivity index (χ0n) is 13.4. The molecule has 1 aromatic carbocycles. The lowest BCUT2D eigenvalue weighted by molar-refractivity contribution is 0.107. The Bertz CT molecular complexity index is 940. The highest BCUT2D eigenvalue weighted by Crippen LogP contribution is 2.31. The van der Waals surface area contributed by atoms with Crippen LogP contribution in [0.1, 0.15) is 10.4 Å². The third-order valence-electron chi connectivity index (χ3n) is 3.29. The summed E-state index contributed by atoms with van der Waals surface area (Å²) < 4.78 is 19.3. The first-order chi connectivity index (χ1) is 12.1. The third-order valence-corrected chi connectivity index (χ3v) is 3.49. The number of hydrogen-bond acceptors (Lipinski definition) is 6. The second-order valence-corrected chi connectivity index (χ2v) is 5.23. The molecule has 1 N–H and O–H groups in total. The lowest BCUT2D eigenvalue weighted by Gasteiger charge is -2.10. The molecule has 0 aliphatic rings. The van der Waals surface area contributed by atoms with E-state index in [0.29, 0.717) is 17.2 Å². The normalized spacial score (nSPS) is 9.96. The molecular weight excluding hydrogens is 382 g/mol. The molecule has 0 fully saturated rings. The largest absolute Gasteiger partial charge is 0.438 e. The van der Waals surface area contributed by atoms with Gasteiger partial charge in [-0.2, -0.15) is 0 Å². The molecule has 0 amide bonds. The molecule has 134 valence electrons. The fourth-order valence-corrected chi connectivity index (χ4v) is 2.27. The number of nitrogens with one attached hydrogen (secondary N) is 1. The molecule has 0 aliphatic heterocycles. The van der Waals surface area contributed by atoms with E-state index in [1.54, 1.807) is 37.6 Å². The van der Waals surface area contributed by atoms with Crippen LogP contribution in [0, 0.1) is 5.82 Å². The van der Waals surface area contributed by atoms with E-state index in [4.69, 9.17) is 16.3 Å². The molecule has 0 aliphatic carbocycles. The summed E-state index contributed by atoms with van der Waals surface area (Å²) in [5.41, 5.74) is 0.943. The van der Waals surface area contributed by atoms with E-state index in [-0.39, 0.29) is 29.6 Å². The zero-order chi connectivity index (χ0) is 17.8. The number of halogens is 3. The summed E-state index contributed by atoms with van der Waals surface area (Å²) in [5, 5.41) is 1.95. The van der Waals surface area contributed by atoms with Gasteiger partial charge in [0.25, 0.3) is 5.24 Å². The summed E-state index contributed by atoms with van der Waals surface area (Å²) in [6, 6.07) is 8.95. The van der Waals surface area contributed by atoms with Gasteiger partial charge in [0, 0.05) is 19.4 Å². The molecule has 6 nitrogen and oxygen atoms in total. The summed E-state index contributed by atoms with van der Waals surface area (Å²) in [6.07, 6.45) is 3.16. The molecule has 2 aromatic heterocycles. The van der Waals surface area contributed by atoms with Crippen molar-refractivity contribution in [2.24, 2.45) is 0 Å². The highest BCUT2D eigenvalue weighted by molar-refractivity contribution is 6.67. The molecule has 0 radical (unpaired) electrons. The number of anilines is 1. The molecule has 0 bridgehead atoms. The highest BCUT2D eigenvalue weighted by Gasteiger charge is 2.14. The van der Waals surface area contributed by atoms with Crippen LogP contribution < -0.4 is 10.1 Å². The van der Waals surface area contributed by atoms with E-state index in [2.05, 4.69) is 20.3 Å². The van der Waals surface area contributed by atoms with Crippen molar-refractivity contribution in [3.63, 3.8) is 0 Å². The molecule has 0 saturated heterocycles. The average Bonchev–Trinajstić information content (AvgIpc) is 2.63. The first kappa shape index (κ1) is 19.6. The smallest absolute Gasteiger partial charge is 0.255 e. The Morgan fingerprint density at radius 3 is 2.73 bits per heavy atom. The van der Waals surface area contributed by atoms with E-state index < -0.39 is 11.1 Å². The van der Waals surface area contributed by atoms with Crippen LogP contribution in [-0.4, -0.2) is 27.2 Å². The summed E-state index contributed by atoms with van der Waals surface area (Å²) in [4.78, 5) is 23.9. The topological polar surface area (TPSA) is 77.0 Å². The molecule has 3 aromatic rings. The van der Waals surface area contributed by atoms with Gasteiger partial charge in [-0.1, -0.05) is 0 Å². The minimum Gasteiger partial charge on any atom is -0.438 e. The van der Waals surface area contributed by atoms with Crippen molar-refractivity contribution in [1.82, 2.24) is 15.0 Å². The first-order valence-electron chi connectivity index (χ1n) is 7.22. The number of aromatic nitrogens is 3. The minimum absolute atomic E-state index is 0. The maximum absolute atomic E-state index is 13.6. The van der Waals surface area contributed by atoms with Gasteiger partial charge in [-0.25, -0.2) is 19.3 Å². The molecule has 26 heavy (non-hydrogen) atoms. The Balaban J connectivity index is 0.00000243. The lowest BCUT2D eigenvalue weighted by atomic mass is 10.2. The van der Waals surface area contributed by atoms with E-state index >= 15 is 0 Å². The van der Waals surface area contributed by atoms with Crippen LogP contribution in [0.4, 0.5) is 10.3 Å². The molecule has 0 atom stereocenters. The standard InChI is InChI=1S/C17H12ClFN4O2.ClH/c1-20-17-22-8-6-14(23-17)11-3-2-7-21-16(11)25-10-4-5-13(19)12(9-10)15(18)24;/h2-9H,1H3,(H,20,22,23);1H. The zero-order valence-corrected chi connectivity index (χ0v) is 15.0. The molecule has 3 rings (SSSR count). The van der Waals surface area contributed by atoms with Crippen molar-refractivity contribution < 1.29 is 13.9 Å². The van der Waals surface area contributed by atoms with Crippen LogP contribution in [0.25, 0.3) is 11.3 Å². The second kappa shape index (κ2) is 8.55. The van der Waals surface area contributed by atoms with Crippen molar-refractivity contribution in [1.29, 1.82) is 0 Å². The molecule has 0 unspecified atom stereocenters. The number of benzene rings is 1. The Morgan fingerprint density at radius 2 is 2.00 bits per heavy atom. The second-order valence-electron chi connectivity index (χ2n) is 4.89. The van der Waals surface area contributed by atoms with Crippen LogP contribution in [0.2, 0.25) is 0 Å². The fourth-order valence-electron chi connectivity index (χ4n) is 2.13. The Morgan fingerprint density at radius 1 is 1.19 bits per heavy atom. The highest BCUT2D eigenvalue weighted by atomic mass is 35.5. The van der Waals surface area contributed by atoms with Crippen LogP contribution in [-0.2, 0) is 0 Å². The van der Waals surface area contributed by atoms with Gasteiger partial charge in [0.1, 0.15) is 11.6 Å². The summed E-state index contributed by atoms with van der Waals surface area (Å²) in [7, 11) is 1.71. The SMILES string of the molecule is CNc1nccc(-c2cccnc2Oc2ccc(F)c(C(=O)Cl)c2)n1.Cl. The van der Waals surface area contributed by atoms with Gasteiger partial charge < -0.3 is 10.1 Å². The van der Waals surface area contributed by atoms with Gasteiger partial charge in [-0.15, -0.1) is 12.4 Å².